The van der Waals surface area contributed by atoms with E-state index in [9.17, 15) is 24.1 Å². The van der Waals surface area contributed by atoms with Crippen LogP contribution in [0.1, 0.15) is 19.4 Å². The predicted molar refractivity (Wildman–Crippen MR) is 125 cm³/mol. The number of rotatable bonds is 7. The second kappa shape index (κ2) is 9.14. The highest BCUT2D eigenvalue weighted by atomic mass is 19.1. The molecule has 0 aromatic heterocycles. The maximum Gasteiger partial charge on any atom is 0.282 e. The molecule has 1 aliphatic heterocycles. The highest BCUT2D eigenvalue weighted by Crippen LogP contribution is 2.34. The minimum absolute atomic E-state index is 0.000654. The second-order valence-corrected chi connectivity index (χ2v) is 7.79. The zero-order chi connectivity index (χ0) is 24.4. The molecule has 0 saturated heterocycles. The van der Waals surface area contributed by atoms with E-state index in [-0.39, 0.29) is 28.7 Å². The molecular weight excluding hydrogens is 441 g/mol. The standard InChI is InChI=1S/C25H20FN3O5/c1-15(2)34-21-13-7-18(8-14-21)27-23-22(16-3-9-20(10-4-16)29(32)33)24(30)28(25(23)31)19-11-5-17(26)6-12-19/h3-15,27H,1-2H3. The summed E-state index contributed by atoms with van der Waals surface area (Å²) in [5.41, 5.74) is 0.968. The van der Waals surface area contributed by atoms with E-state index < -0.39 is 22.6 Å². The zero-order valence-corrected chi connectivity index (χ0v) is 18.3. The lowest BCUT2D eigenvalue weighted by molar-refractivity contribution is -0.384. The van der Waals surface area contributed by atoms with Crippen LogP contribution in [0.2, 0.25) is 0 Å². The Hall–Kier alpha value is -4.53. The number of carbonyl (C=O) groups is 2. The molecule has 9 heteroatoms. The topological polar surface area (TPSA) is 102 Å². The van der Waals surface area contributed by atoms with Gasteiger partial charge in [0.25, 0.3) is 17.5 Å². The van der Waals surface area contributed by atoms with Crippen molar-refractivity contribution in [1.29, 1.82) is 0 Å². The molecule has 0 atom stereocenters. The van der Waals surface area contributed by atoms with Crippen LogP contribution >= 0.6 is 0 Å². The van der Waals surface area contributed by atoms with Crippen molar-refractivity contribution < 1.29 is 23.6 Å². The van der Waals surface area contributed by atoms with Crippen molar-refractivity contribution in [1.82, 2.24) is 0 Å². The molecule has 0 aliphatic carbocycles. The maximum atomic E-state index is 13.4. The van der Waals surface area contributed by atoms with E-state index in [0.717, 1.165) is 17.0 Å². The Bertz CT molecular complexity index is 1280. The van der Waals surface area contributed by atoms with Crippen molar-refractivity contribution in [3.63, 3.8) is 0 Å². The maximum absolute atomic E-state index is 13.4. The minimum atomic E-state index is -0.632. The van der Waals surface area contributed by atoms with Gasteiger partial charge >= 0.3 is 0 Å². The Kier molecular flexibility index (Phi) is 6.09. The quantitative estimate of drug-likeness (QED) is 0.305. The van der Waals surface area contributed by atoms with Crippen LogP contribution in [-0.4, -0.2) is 22.8 Å². The lowest BCUT2D eigenvalue weighted by Crippen LogP contribution is -2.32. The fourth-order valence-electron chi connectivity index (χ4n) is 3.52. The van der Waals surface area contributed by atoms with Crippen LogP contribution in [-0.2, 0) is 9.59 Å². The number of hydrogen-bond acceptors (Lipinski definition) is 6. The van der Waals surface area contributed by atoms with Crippen molar-refractivity contribution in [2.24, 2.45) is 0 Å². The Balaban J connectivity index is 1.74. The third-order valence-corrected chi connectivity index (χ3v) is 5.03. The van der Waals surface area contributed by atoms with E-state index >= 15 is 0 Å². The number of imide groups is 1. The number of non-ortho nitro benzene ring substituents is 1. The fourth-order valence-corrected chi connectivity index (χ4v) is 3.52. The summed E-state index contributed by atoms with van der Waals surface area (Å²) in [4.78, 5) is 38.1. The van der Waals surface area contributed by atoms with Gasteiger partial charge in [0.1, 0.15) is 17.3 Å². The van der Waals surface area contributed by atoms with Gasteiger partial charge in [0.15, 0.2) is 0 Å². The van der Waals surface area contributed by atoms with Crippen LogP contribution in [0.5, 0.6) is 5.75 Å². The molecule has 0 saturated carbocycles. The third-order valence-electron chi connectivity index (χ3n) is 5.03. The average molecular weight is 461 g/mol. The number of anilines is 2. The van der Waals surface area contributed by atoms with E-state index in [2.05, 4.69) is 5.32 Å². The van der Waals surface area contributed by atoms with Gasteiger partial charge in [-0.1, -0.05) is 0 Å². The number of nitro benzene ring substituents is 1. The number of nitrogens with zero attached hydrogens (tertiary/aromatic N) is 2. The molecule has 8 nitrogen and oxygen atoms in total. The Labute approximate surface area is 194 Å². The molecule has 34 heavy (non-hydrogen) atoms. The largest absolute Gasteiger partial charge is 0.491 e. The molecule has 1 heterocycles. The van der Waals surface area contributed by atoms with Crippen LogP contribution in [0.25, 0.3) is 5.57 Å². The van der Waals surface area contributed by atoms with Crippen molar-refractivity contribution in [3.8, 4) is 5.75 Å². The second-order valence-electron chi connectivity index (χ2n) is 7.79. The summed E-state index contributed by atoms with van der Waals surface area (Å²) >= 11 is 0. The molecule has 0 unspecified atom stereocenters. The molecule has 2 amide bonds. The van der Waals surface area contributed by atoms with Gasteiger partial charge in [0.2, 0.25) is 0 Å². The van der Waals surface area contributed by atoms with Gasteiger partial charge in [-0.25, -0.2) is 9.29 Å². The third kappa shape index (κ3) is 4.49. The molecule has 3 aromatic carbocycles. The summed E-state index contributed by atoms with van der Waals surface area (Å²) in [6, 6.07) is 17.2. The molecular formula is C25H20FN3O5. The summed E-state index contributed by atoms with van der Waals surface area (Å²) in [5, 5.41) is 14.0. The van der Waals surface area contributed by atoms with Crippen LogP contribution in [0.15, 0.2) is 78.5 Å². The number of ether oxygens (including phenoxy) is 1. The van der Waals surface area contributed by atoms with E-state index in [0.29, 0.717) is 17.0 Å². The molecule has 0 bridgehead atoms. The van der Waals surface area contributed by atoms with Gasteiger partial charge in [0.05, 0.1) is 22.3 Å². The molecule has 1 aliphatic rings. The summed E-state index contributed by atoms with van der Waals surface area (Å²) in [6.45, 7) is 3.81. The first-order valence-corrected chi connectivity index (χ1v) is 10.4. The Morgan fingerprint density at radius 2 is 1.53 bits per heavy atom. The van der Waals surface area contributed by atoms with E-state index in [1.54, 1.807) is 24.3 Å². The molecule has 0 fully saturated rings. The smallest absolute Gasteiger partial charge is 0.282 e. The highest BCUT2D eigenvalue weighted by Gasteiger charge is 2.40. The lowest BCUT2D eigenvalue weighted by Gasteiger charge is -2.15. The van der Waals surface area contributed by atoms with Gasteiger partial charge in [-0.05, 0) is 80.1 Å². The van der Waals surface area contributed by atoms with E-state index in [1.165, 1.54) is 36.4 Å². The number of nitrogens with one attached hydrogen (secondary N) is 1. The summed E-state index contributed by atoms with van der Waals surface area (Å²) in [7, 11) is 0. The van der Waals surface area contributed by atoms with Gasteiger partial charge < -0.3 is 10.1 Å². The number of benzene rings is 3. The van der Waals surface area contributed by atoms with Crippen LogP contribution < -0.4 is 15.0 Å². The summed E-state index contributed by atoms with van der Waals surface area (Å²) in [6.07, 6.45) is -0.00597. The minimum Gasteiger partial charge on any atom is -0.491 e. The molecule has 172 valence electrons. The number of halogens is 1. The lowest BCUT2D eigenvalue weighted by atomic mass is 10.0. The van der Waals surface area contributed by atoms with Gasteiger partial charge in [-0.15, -0.1) is 0 Å². The Morgan fingerprint density at radius 1 is 0.912 bits per heavy atom. The van der Waals surface area contributed by atoms with Gasteiger partial charge in [-0.2, -0.15) is 0 Å². The Morgan fingerprint density at radius 3 is 2.09 bits per heavy atom. The number of carbonyl (C=O) groups excluding carboxylic acids is 2. The molecule has 0 radical (unpaired) electrons. The zero-order valence-electron chi connectivity index (χ0n) is 18.3. The molecule has 3 aromatic rings. The van der Waals surface area contributed by atoms with Crippen molar-refractivity contribution in [2.75, 3.05) is 10.2 Å². The first-order chi connectivity index (χ1) is 16.2. The fraction of sp³-hybridized carbons (Fsp3) is 0.120. The first kappa shape index (κ1) is 22.7. The molecule has 0 spiro atoms. The number of hydrogen-bond donors (Lipinski definition) is 1. The number of amides is 2. The van der Waals surface area contributed by atoms with Crippen molar-refractivity contribution in [2.45, 2.75) is 20.0 Å². The SMILES string of the molecule is CC(C)Oc1ccc(NC2=C(c3ccc([N+](=O)[O-])cc3)C(=O)N(c3ccc(F)cc3)C2=O)cc1. The number of nitro groups is 1. The van der Waals surface area contributed by atoms with Gasteiger partial charge in [0, 0.05) is 17.8 Å². The van der Waals surface area contributed by atoms with Crippen molar-refractivity contribution in [3.05, 3.63) is 100.0 Å². The molecule has 1 N–H and O–H groups in total. The van der Waals surface area contributed by atoms with Crippen LogP contribution in [0, 0.1) is 15.9 Å². The monoisotopic (exact) mass is 461 g/mol. The van der Waals surface area contributed by atoms with E-state index in [4.69, 9.17) is 4.74 Å². The van der Waals surface area contributed by atoms with E-state index in [1.807, 2.05) is 13.8 Å². The van der Waals surface area contributed by atoms with Crippen LogP contribution in [0.3, 0.4) is 0 Å². The highest BCUT2D eigenvalue weighted by molar-refractivity contribution is 6.46. The van der Waals surface area contributed by atoms with Gasteiger partial charge in [-0.3, -0.25) is 19.7 Å². The summed E-state index contributed by atoms with van der Waals surface area (Å²) in [5.74, 6) is -1.12. The molecule has 4 rings (SSSR count). The predicted octanol–water partition coefficient (Wildman–Crippen LogP) is 4.92. The average Bonchev–Trinajstić information content (AvgIpc) is 3.05. The first-order valence-electron chi connectivity index (χ1n) is 10.4. The normalized spacial score (nSPS) is 13.6. The van der Waals surface area contributed by atoms with Crippen molar-refractivity contribution >= 4 is 34.4 Å². The summed E-state index contributed by atoms with van der Waals surface area (Å²) < 4.78 is 19.0. The van der Waals surface area contributed by atoms with Crippen LogP contribution in [0.4, 0.5) is 21.5 Å².